The minimum atomic E-state index is -1.12. The average Bonchev–Trinajstić information content (AvgIpc) is 2.93. The molecule has 0 bridgehead atoms. The maximum atomic E-state index is 11.1. The van der Waals surface area contributed by atoms with Crippen molar-refractivity contribution in [2.45, 2.75) is 12.5 Å². The molecule has 0 radical (unpaired) electrons. The van der Waals surface area contributed by atoms with Crippen LogP contribution < -0.4 is 5.32 Å². The summed E-state index contributed by atoms with van der Waals surface area (Å²) >= 11 is 1.23. The predicted octanol–water partition coefficient (Wildman–Crippen LogP) is 1.21. The number of nitrogens with zero attached hydrogens (tertiary/aromatic N) is 3. The molecule has 10 heteroatoms. The smallest absolute Gasteiger partial charge is 0.372 e. The van der Waals surface area contributed by atoms with Gasteiger partial charge in [0.05, 0.1) is 0 Å². The van der Waals surface area contributed by atoms with Gasteiger partial charge in [-0.25, -0.2) is 4.79 Å². The number of aliphatic carboxylic acids is 1. The van der Waals surface area contributed by atoms with Gasteiger partial charge in [-0.3, -0.25) is 0 Å². The molecule has 20 heavy (non-hydrogen) atoms. The van der Waals surface area contributed by atoms with E-state index in [0.717, 1.165) is 0 Å². The number of hydrogen-bond acceptors (Lipinski definition) is 7. The molecule has 0 aliphatic heterocycles. The summed E-state index contributed by atoms with van der Waals surface area (Å²) in [6.07, 6.45) is 1.69. The Bertz CT molecular complexity index is 637. The number of nitro groups is 1. The maximum absolute atomic E-state index is 11.1. The fourth-order valence-electron chi connectivity index (χ4n) is 1.70. The first-order valence-corrected chi connectivity index (χ1v) is 6.50. The van der Waals surface area contributed by atoms with Gasteiger partial charge in [0.1, 0.15) is 12.2 Å². The van der Waals surface area contributed by atoms with E-state index in [-0.39, 0.29) is 24.7 Å². The van der Waals surface area contributed by atoms with E-state index in [0.29, 0.717) is 4.96 Å². The first kappa shape index (κ1) is 14.2. The fraction of sp³-hybridized carbons (Fsp3) is 0.400. The number of ether oxygens (including phenoxy) is 1. The molecule has 1 unspecified atom stereocenters. The Hall–Kier alpha value is -2.20. The van der Waals surface area contributed by atoms with Crippen molar-refractivity contribution in [2.75, 3.05) is 19.0 Å². The summed E-state index contributed by atoms with van der Waals surface area (Å²) in [6.45, 7) is 0.222. The Kier molecular flexibility index (Phi) is 4.15. The van der Waals surface area contributed by atoms with Gasteiger partial charge in [-0.2, -0.15) is 9.38 Å². The van der Waals surface area contributed by atoms with Crippen LogP contribution in [0.15, 0.2) is 11.6 Å². The van der Waals surface area contributed by atoms with Crippen LogP contribution in [0.2, 0.25) is 0 Å². The van der Waals surface area contributed by atoms with Crippen LogP contribution >= 0.6 is 11.3 Å². The Morgan fingerprint density at radius 2 is 2.50 bits per heavy atom. The van der Waals surface area contributed by atoms with E-state index >= 15 is 0 Å². The minimum absolute atomic E-state index is 0.0506. The summed E-state index contributed by atoms with van der Waals surface area (Å²) in [5.41, 5.74) is 0. The van der Waals surface area contributed by atoms with Crippen LogP contribution in [0, 0.1) is 10.1 Å². The zero-order valence-electron chi connectivity index (χ0n) is 10.5. The number of carbonyl (C=O) groups is 1. The molecule has 0 aliphatic carbocycles. The number of fused-ring (bicyclic) bond motifs is 1. The molecule has 0 fully saturated rings. The van der Waals surface area contributed by atoms with Crippen LogP contribution in [0.25, 0.3) is 4.96 Å². The van der Waals surface area contributed by atoms with Gasteiger partial charge in [0.25, 0.3) is 4.96 Å². The summed E-state index contributed by atoms with van der Waals surface area (Å²) in [7, 11) is 1.45. The summed E-state index contributed by atoms with van der Waals surface area (Å²) < 4.78 is 6.13. The van der Waals surface area contributed by atoms with E-state index < -0.39 is 16.9 Å². The average molecular weight is 300 g/mol. The minimum Gasteiger partial charge on any atom is -0.480 e. The van der Waals surface area contributed by atoms with Crippen molar-refractivity contribution in [1.82, 2.24) is 9.38 Å². The molecular formula is C10H12N4O5S. The number of thiazole rings is 1. The number of imidazole rings is 1. The summed E-state index contributed by atoms with van der Waals surface area (Å²) in [6, 6.07) is -1.00. The van der Waals surface area contributed by atoms with E-state index in [2.05, 4.69) is 10.3 Å². The standard InChI is InChI=1S/C10H12N4O5S/c1-19-4-2-6(9(15)16)11-7-8(14(17)18)13-3-5-20-10(13)12-7/h3,5-6,11H,2,4H2,1H3,(H,15,16). The van der Waals surface area contributed by atoms with Crippen LogP contribution in [-0.2, 0) is 9.53 Å². The van der Waals surface area contributed by atoms with Crippen molar-refractivity contribution in [2.24, 2.45) is 0 Å². The number of carboxylic acids is 1. The van der Waals surface area contributed by atoms with Crippen LogP contribution in [-0.4, -0.2) is 45.1 Å². The van der Waals surface area contributed by atoms with E-state index in [1.54, 1.807) is 5.38 Å². The third-order valence-corrected chi connectivity index (χ3v) is 3.39. The summed E-state index contributed by atoms with van der Waals surface area (Å²) in [4.78, 5) is 26.1. The van der Waals surface area contributed by atoms with Crippen LogP contribution in [0.1, 0.15) is 6.42 Å². The highest BCUT2D eigenvalue weighted by Crippen LogP contribution is 2.28. The zero-order chi connectivity index (χ0) is 14.7. The second kappa shape index (κ2) is 5.84. The highest BCUT2D eigenvalue weighted by Gasteiger charge is 2.27. The lowest BCUT2D eigenvalue weighted by Crippen LogP contribution is -2.31. The van der Waals surface area contributed by atoms with Crippen LogP contribution in [0.3, 0.4) is 0 Å². The molecule has 2 N–H and O–H groups in total. The van der Waals surface area contributed by atoms with Crippen molar-refractivity contribution in [3.05, 3.63) is 21.7 Å². The molecular weight excluding hydrogens is 288 g/mol. The molecule has 0 aromatic carbocycles. The molecule has 2 rings (SSSR count). The SMILES string of the molecule is COCCC(Nc1nc2sccn2c1[N+](=O)[O-])C(=O)O. The number of aromatic nitrogens is 2. The normalized spacial score (nSPS) is 12.4. The lowest BCUT2D eigenvalue weighted by Gasteiger charge is -2.12. The third kappa shape index (κ3) is 2.70. The molecule has 0 saturated heterocycles. The van der Waals surface area contributed by atoms with Gasteiger partial charge in [0, 0.05) is 25.5 Å². The molecule has 2 aromatic heterocycles. The van der Waals surface area contributed by atoms with E-state index in [4.69, 9.17) is 9.84 Å². The molecule has 0 amide bonds. The monoisotopic (exact) mass is 300 g/mol. The highest BCUT2D eigenvalue weighted by atomic mass is 32.1. The van der Waals surface area contributed by atoms with E-state index in [9.17, 15) is 14.9 Å². The highest BCUT2D eigenvalue weighted by molar-refractivity contribution is 7.15. The first-order valence-electron chi connectivity index (χ1n) is 5.62. The lowest BCUT2D eigenvalue weighted by molar-refractivity contribution is -0.389. The fourth-order valence-corrected chi connectivity index (χ4v) is 2.41. The van der Waals surface area contributed by atoms with Gasteiger partial charge < -0.3 is 25.3 Å². The summed E-state index contributed by atoms with van der Waals surface area (Å²) in [5, 5.41) is 24.5. The van der Waals surface area contributed by atoms with Gasteiger partial charge in [-0.15, -0.1) is 0 Å². The van der Waals surface area contributed by atoms with Crippen molar-refractivity contribution < 1.29 is 19.6 Å². The number of anilines is 1. The Balaban J connectivity index is 2.31. The largest absolute Gasteiger partial charge is 0.480 e. The molecule has 0 aliphatic rings. The Labute approximate surface area is 117 Å². The van der Waals surface area contributed by atoms with Gasteiger partial charge in [-0.1, -0.05) is 11.3 Å². The molecule has 1 atom stereocenters. The van der Waals surface area contributed by atoms with Gasteiger partial charge in [-0.05, 0) is 4.92 Å². The topological polar surface area (TPSA) is 119 Å². The van der Waals surface area contributed by atoms with Gasteiger partial charge >= 0.3 is 11.8 Å². The number of rotatable bonds is 7. The van der Waals surface area contributed by atoms with Gasteiger partial charge in [0.15, 0.2) is 0 Å². The maximum Gasteiger partial charge on any atom is 0.372 e. The van der Waals surface area contributed by atoms with Crippen molar-refractivity contribution >= 4 is 33.9 Å². The van der Waals surface area contributed by atoms with Crippen molar-refractivity contribution in [3.8, 4) is 0 Å². The Morgan fingerprint density at radius 1 is 1.75 bits per heavy atom. The first-order chi connectivity index (χ1) is 9.54. The van der Waals surface area contributed by atoms with Crippen LogP contribution in [0.4, 0.5) is 11.6 Å². The van der Waals surface area contributed by atoms with E-state index in [1.807, 2.05) is 0 Å². The quantitative estimate of drug-likeness (QED) is 0.582. The molecule has 0 spiro atoms. The third-order valence-electron chi connectivity index (χ3n) is 2.63. The van der Waals surface area contributed by atoms with Crippen molar-refractivity contribution in [3.63, 3.8) is 0 Å². The number of methoxy groups -OCH3 is 1. The molecule has 108 valence electrons. The predicted molar refractivity (Wildman–Crippen MR) is 71.3 cm³/mol. The number of nitrogens with one attached hydrogen (secondary N) is 1. The van der Waals surface area contributed by atoms with Crippen LogP contribution in [0.5, 0.6) is 0 Å². The molecule has 9 nitrogen and oxygen atoms in total. The molecule has 0 saturated carbocycles. The van der Waals surface area contributed by atoms with Crippen molar-refractivity contribution in [1.29, 1.82) is 0 Å². The van der Waals surface area contributed by atoms with E-state index in [1.165, 1.54) is 29.0 Å². The zero-order valence-corrected chi connectivity index (χ0v) is 11.3. The number of hydrogen-bond donors (Lipinski definition) is 2. The Morgan fingerprint density at radius 3 is 3.10 bits per heavy atom. The molecule has 2 aromatic rings. The lowest BCUT2D eigenvalue weighted by atomic mass is 10.2. The molecule has 2 heterocycles. The van der Waals surface area contributed by atoms with Gasteiger partial charge in [0.2, 0.25) is 5.82 Å². The second-order valence-corrected chi connectivity index (χ2v) is 4.79. The summed E-state index contributed by atoms with van der Waals surface area (Å²) in [5.74, 6) is -1.44. The number of carboxylic acid groups (broad SMARTS) is 1. The second-order valence-electron chi connectivity index (χ2n) is 3.91.